The van der Waals surface area contributed by atoms with Crippen molar-refractivity contribution in [2.24, 2.45) is 15.2 Å². The molecule has 6 aromatic heterocycles. The highest BCUT2D eigenvalue weighted by molar-refractivity contribution is 8.15. The van der Waals surface area contributed by atoms with Crippen molar-refractivity contribution >= 4 is 175 Å². The maximum Gasteiger partial charge on any atom is 0.316 e. The standard InChI is InChI=1S/C17H15ClN2OS.C16H15N3O3.C15H14N4O2.C14H14ClN.C13H12Cl2N2.C12H14N2S2.C11H11ClN2O/c1-11-6-5-7-12(15(11)18)10-14-16(21)20-17(22-14)19-13-8-3-2-4-9-13;1-20-14-8-7-11(9-15(14)21-2)10-17-19-16-18-12-5-3-4-6-13(12)22-16;1-21-14-8-10(6-7-13(14)20)9-16-19-15-17-11-4-2-3-5-12(11)18-15;1-11-4-2-3-5-12(11)10-16-14-8-6-13(15)7-9-14;1-2-11-5-6-12(17-16-11)7-9-3-4-10(14)8-13(9)15;1-4-14-9(3)11(13-12(14)15)7-10-6-5-8(2)16-10;1-9-2-3-10(6-11(9)12)7-15-14-5-4-13-8-14/h2-9,14H,10H2,1H3,(H,19,20,21);3-10H,1-2H3,(H,18,19);2-9,20H,1H3,(H2,17,18,19);2-9,16H,10H2,1H3;3-6,8H,2,7H2,1H3;5-7H,3-4H2,1-2H3,(H,13,15);2-6,8H,7H2,1H3/b;17-10+;16-9+;;;11-7-;. The van der Waals surface area contributed by atoms with E-state index in [1.54, 1.807) is 85.7 Å². The first kappa shape index (κ1) is 96.6. The number of anilines is 3. The number of aromatic hydroxyl groups is 1. The van der Waals surface area contributed by atoms with E-state index in [4.69, 9.17) is 93.7 Å². The number of fused-ring (bicyclic) bond motifs is 2. The van der Waals surface area contributed by atoms with E-state index in [1.165, 1.54) is 39.8 Å². The number of nitrogens with zero attached hydrogens (tertiary/aromatic N) is 10. The third-order valence-electron chi connectivity index (χ3n) is 19.2. The molecule has 23 nitrogen and oxygen atoms in total. The van der Waals surface area contributed by atoms with Crippen molar-refractivity contribution in [3.8, 4) is 23.0 Å². The summed E-state index contributed by atoms with van der Waals surface area (Å²) in [6.45, 7) is 18.5. The normalized spacial score (nSPS) is 12.4. The number of aryl methyl sites for hydroxylation is 5. The largest absolute Gasteiger partial charge is 0.504 e. The van der Waals surface area contributed by atoms with Crippen LogP contribution in [0.2, 0.25) is 25.1 Å². The summed E-state index contributed by atoms with van der Waals surface area (Å²) in [5.74, 6) is 2.37. The lowest BCUT2D eigenvalue weighted by Gasteiger charge is -2.09. The minimum absolute atomic E-state index is 0.0164. The smallest absolute Gasteiger partial charge is 0.316 e. The summed E-state index contributed by atoms with van der Waals surface area (Å²) in [6, 6.07) is 77.3. The molecule has 1 amide bonds. The van der Waals surface area contributed by atoms with Crippen molar-refractivity contribution in [2.45, 2.75) is 85.8 Å². The number of methoxy groups -OCH3 is 3. The molecule has 1 aliphatic heterocycles. The number of aromatic nitrogens is 9. The third-order valence-corrected chi connectivity index (χ3v) is 23.3. The fourth-order valence-electron chi connectivity index (χ4n) is 12.2. The molecule has 129 heavy (non-hydrogen) atoms. The number of benzene rings is 10. The molecule has 1 aliphatic rings. The predicted octanol–water partition coefficient (Wildman–Crippen LogP) is 23.0. The van der Waals surface area contributed by atoms with E-state index in [9.17, 15) is 9.90 Å². The molecule has 0 bridgehead atoms. The molecule has 0 saturated carbocycles. The van der Waals surface area contributed by atoms with E-state index in [-0.39, 0.29) is 16.9 Å². The molecular formula is C98H95Cl5N16O7S3. The molecule has 0 spiro atoms. The zero-order valence-corrected chi connectivity index (χ0v) is 78.3. The van der Waals surface area contributed by atoms with Crippen LogP contribution in [0.15, 0.2) is 281 Å². The molecule has 10 aromatic carbocycles. The van der Waals surface area contributed by atoms with Crippen molar-refractivity contribution in [1.29, 1.82) is 0 Å². The van der Waals surface area contributed by atoms with Crippen LogP contribution in [0.5, 0.6) is 23.0 Å². The Hall–Kier alpha value is -13.0. The van der Waals surface area contributed by atoms with Gasteiger partial charge in [0.1, 0.15) is 18.5 Å². The number of aromatic amines is 2. The van der Waals surface area contributed by atoms with Crippen LogP contribution in [0.25, 0.3) is 34.8 Å². The minimum Gasteiger partial charge on any atom is -0.504 e. The Balaban J connectivity index is 0.000000146. The van der Waals surface area contributed by atoms with Gasteiger partial charge in [0.05, 0.1) is 84.0 Å². The Morgan fingerprint density at radius 1 is 0.636 bits per heavy atom. The van der Waals surface area contributed by atoms with Gasteiger partial charge in [0, 0.05) is 66.3 Å². The van der Waals surface area contributed by atoms with E-state index >= 15 is 0 Å². The quantitative estimate of drug-likeness (QED) is 0.0178. The van der Waals surface area contributed by atoms with E-state index in [1.807, 2.05) is 200 Å². The Kier molecular flexibility index (Phi) is 37.0. The minimum atomic E-state index is -0.193. The highest BCUT2D eigenvalue weighted by atomic mass is 35.5. The maximum absolute atomic E-state index is 12.1. The molecule has 17 rings (SSSR count). The number of oxazole rings is 1. The lowest BCUT2D eigenvalue weighted by Crippen LogP contribution is -2.28. The number of thiophene rings is 1. The zero-order valence-electron chi connectivity index (χ0n) is 72.1. The van der Waals surface area contributed by atoms with Gasteiger partial charge in [0.25, 0.3) is 0 Å². The molecular weight excluding hydrogens is 1790 g/mol. The van der Waals surface area contributed by atoms with Crippen molar-refractivity contribution < 1.29 is 33.4 Å². The van der Waals surface area contributed by atoms with E-state index in [0.29, 0.717) is 69.5 Å². The number of amides is 1. The van der Waals surface area contributed by atoms with Crippen LogP contribution in [0, 0.1) is 32.5 Å². The Bertz CT molecular complexity index is 6560. The van der Waals surface area contributed by atoms with Crippen LogP contribution in [0.4, 0.5) is 23.3 Å². The molecule has 1 unspecified atom stereocenters. The molecule has 1 fully saturated rings. The number of para-hydroxylation sites is 5. The number of phenolic OH excluding ortho intramolecular Hbond substituents is 1. The number of thioether (sulfide) groups is 1. The van der Waals surface area contributed by atoms with E-state index in [2.05, 4.69) is 149 Å². The topological polar surface area (TPSA) is 278 Å². The second-order valence-electron chi connectivity index (χ2n) is 28.5. The summed E-state index contributed by atoms with van der Waals surface area (Å²) in [7, 11) is 4.69. The van der Waals surface area contributed by atoms with Crippen LogP contribution in [-0.4, -0.2) is 99.6 Å². The lowest BCUT2D eigenvalue weighted by molar-refractivity contribution is -0.118. The van der Waals surface area contributed by atoms with Crippen molar-refractivity contribution in [3.05, 3.63) is 373 Å². The summed E-state index contributed by atoms with van der Waals surface area (Å²) >= 11 is 38.5. The number of imidazole rings is 3. The van der Waals surface area contributed by atoms with Gasteiger partial charge in [0.15, 0.2) is 38.5 Å². The number of amidine groups is 1. The number of nitrogens with one attached hydrogen (secondary N) is 6. The van der Waals surface area contributed by atoms with Gasteiger partial charge in [-0.1, -0.05) is 186 Å². The summed E-state index contributed by atoms with van der Waals surface area (Å²) in [5.41, 5.74) is 22.2. The van der Waals surface area contributed by atoms with E-state index in [0.717, 1.165) is 128 Å². The Morgan fingerprint density at radius 2 is 1.32 bits per heavy atom. The van der Waals surface area contributed by atoms with Crippen molar-refractivity contribution in [2.75, 3.05) is 37.5 Å². The van der Waals surface area contributed by atoms with Gasteiger partial charge in [-0.05, 0) is 255 Å². The van der Waals surface area contributed by atoms with Gasteiger partial charge in [-0.2, -0.15) is 30.1 Å². The average molecular weight is 1880 g/mol. The molecule has 0 aliphatic carbocycles. The number of phenols is 1. The van der Waals surface area contributed by atoms with Gasteiger partial charge >= 0.3 is 6.01 Å². The number of carbonyl (C=O) groups is 1. The van der Waals surface area contributed by atoms with Gasteiger partial charge < -0.3 is 53.7 Å². The fraction of sp³-hybridized carbons (Fsp3) is 0.163. The molecule has 1 atom stereocenters. The van der Waals surface area contributed by atoms with Crippen LogP contribution in [0.3, 0.4) is 0 Å². The van der Waals surface area contributed by atoms with Crippen LogP contribution >= 0.6 is 93.3 Å². The fourth-order valence-corrected chi connectivity index (χ4v) is 15.4. The molecule has 16 aromatic rings. The number of rotatable bonds is 23. The second kappa shape index (κ2) is 49.3. The van der Waals surface area contributed by atoms with Crippen molar-refractivity contribution in [1.82, 2.24) is 49.7 Å². The molecule has 0 radical (unpaired) electrons. The number of hydrogen-bond acceptors (Lipinski definition) is 21. The first-order valence-corrected chi connectivity index (χ1v) is 44.5. The molecule has 31 heteroatoms. The Morgan fingerprint density at radius 3 is 1.99 bits per heavy atom. The number of halogens is 5. The highest BCUT2D eigenvalue weighted by Crippen LogP contribution is 2.32. The van der Waals surface area contributed by atoms with Gasteiger partial charge in [-0.25, -0.2) is 25.8 Å². The lowest BCUT2D eigenvalue weighted by atomic mass is 10.1. The summed E-state index contributed by atoms with van der Waals surface area (Å²) in [4.78, 5) is 43.3. The Labute approximate surface area is 786 Å². The SMILES string of the molecule is C=c1/c(=C/c2ccc(C)s2)[nH]c(=S)n1CC.CCc1ccc(Cc2ccc(Cl)cc2Cl)nn1.COc1cc(/C=N/Nc2nc3ccccc3[nH]2)ccc1O.COc1ccc(/C=N/Nc2nc3ccccc3o2)cc1OC.Cc1ccc(COn2ccnc2)cc1Cl.Cc1cccc(CC2SC(=Nc3ccccc3)NC2=O)c1Cl.Cc1ccccc1CNc1ccc(Cl)cc1. The molecule has 662 valence electrons. The summed E-state index contributed by atoms with van der Waals surface area (Å²) in [6.07, 6.45) is 12.6. The van der Waals surface area contributed by atoms with E-state index < -0.39 is 0 Å². The number of hydrazone groups is 2. The van der Waals surface area contributed by atoms with Crippen molar-refractivity contribution in [3.63, 3.8) is 0 Å². The first-order chi connectivity index (χ1) is 62.5. The molecule has 7 heterocycles. The zero-order chi connectivity index (χ0) is 91.6. The monoisotopic (exact) mass is 1880 g/mol. The third kappa shape index (κ3) is 29.8. The first-order valence-electron chi connectivity index (χ1n) is 40.5. The van der Waals surface area contributed by atoms with Gasteiger partial charge in [-0.15, -0.1) is 11.3 Å². The number of H-pyrrole nitrogens is 2. The summed E-state index contributed by atoms with van der Waals surface area (Å²) in [5, 5.41) is 38.2. The van der Waals surface area contributed by atoms with Gasteiger partial charge in [-0.3, -0.25) is 4.79 Å². The van der Waals surface area contributed by atoms with Crippen LogP contribution in [0.1, 0.15) is 85.1 Å². The molecule has 7 N–H and O–H groups in total. The average Bonchev–Trinajstić information content (AvgIpc) is 1.71. The van der Waals surface area contributed by atoms with Crippen LogP contribution in [-0.2, 0) is 43.8 Å². The van der Waals surface area contributed by atoms with Gasteiger partial charge in [0.2, 0.25) is 11.9 Å². The molecule has 1 saturated heterocycles. The highest BCUT2D eigenvalue weighted by Gasteiger charge is 2.31. The maximum atomic E-state index is 12.1. The number of aliphatic imine (C=N–C) groups is 1. The number of ether oxygens (including phenoxy) is 3. The van der Waals surface area contributed by atoms with Crippen LogP contribution < -0.4 is 51.2 Å². The summed E-state index contributed by atoms with van der Waals surface area (Å²) < 4.78 is 25.3. The predicted molar refractivity (Wildman–Crippen MR) is 532 cm³/mol. The second-order valence-corrected chi connectivity index (χ2v) is 33.4. The number of hydrogen-bond donors (Lipinski definition) is 7. The number of carbonyl (C=O) groups excluding carboxylic acids is 1.